The van der Waals surface area contributed by atoms with Gasteiger partial charge in [-0.2, -0.15) is 0 Å². The van der Waals surface area contributed by atoms with Gasteiger partial charge in [0.25, 0.3) is 0 Å². The highest BCUT2D eigenvalue weighted by molar-refractivity contribution is 6.23. The average molecular weight is 555 g/mol. The number of benzene rings is 2. The molecule has 0 saturated heterocycles. The van der Waals surface area contributed by atoms with Gasteiger partial charge in [-0.05, 0) is 67.5 Å². The van der Waals surface area contributed by atoms with Crippen LogP contribution < -0.4 is 0 Å². The Labute approximate surface area is 239 Å². The third-order valence-corrected chi connectivity index (χ3v) is 9.04. The van der Waals surface area contributed by atoms with E-state index < -0.39 is 50.9 Å². The SMILES string of the molecule is CC(=O)C1=C(O)[C@]2(O)C(=O)C3=C(O)c4c(O)c(C#Cc5cccc(C)c5)cc(C(C)C)c4C[C@]3(C)C[C@]2(C)CC1=O. The molecule has 41 heavy (non-hydrogen) atoms. The number of hydrogen-bond acceptors (Lipinski definition) is 7. The average Bonchev–Trinajstić information content (AvgIpc) is 2.85. The highest BCUT2D eigenvalue weighted by atomic mass is 16.3. The Kier molecular flexibility index (Phi) is 6.36. The van der Waals surface area contributed by atoms with Crippen LogP contribution in [0, 0.1) is 29.6 Å². The molecule has 212 valence electrons. The van der Waals surface area contributed by atoms with Gasteiger partial charge in [-0.15, -0.1) is 0 Å². The van der Waals surface area contributed by atoms with Crippen molar-refractivity contribution in [3.63, 3.8) is 0 Å². The van der Waals surface area contributed by atoms with Crippen LogP contribution in [0.25, 0.3) is 5.76 Å². The first-order chi connectivity index (χ1) is 19.1. The van der Waals surface area contributed by atoms with Crippen molar-refractivity contribution in [2.75, 3.05) is 0 Å². The molecule has 4 N–H and O–H groups in total. The predicted octanol–water partition coefficient (Wildman–Crippen LogP) is 5.14. The number of hydrogen-bond donors (Lipinski definition) is 4. The number of ketones is 3. The molecule has 0 amide bonds. The van der Waals surface area contributed by atoms with E-state index in [4.69, 9.17) is 0 Å². The lowest BCUT2D eigenvalue weighted by molar-refractivity contribution is -0.164. The van der Waals surface area contributed by atoms with Crippen LogP contribution in [0.3, 0.4) is 0 Å². The minimum Gasteiger partial charge on any atom is -0.508 e. The van der Waals surface area contributed by atoms with E-state index in [2.05, 4.69) is 11.8 Å². The Hall–Kier alpha value is -4.15. The number of Topliss-reactive ketones (excluding diaryl/α,β-unsaturated/α-hetero) is 3. The van der Waals surface area contributed by atoms with Crippen LogP contribution in [0.4, 0.5) is 0 Å². The molecule has 0 aromatic heterocycles. The molecule has 3 atom stereocenters. The highest BCUT2D eigenvalue weighted by Gasteiger charge is 2.68. The molecule has 7 nitrogen and oxygen atoms in total. The van der Waals surface area contributed by atoms with E-state index in [9.17, 15) is 34.8 Å². The molecule has 5 rings (SSSR count). The van der Waals surface area contributed by atoms with E-state index >= 15 is 0 Å². The number of carbonyl (C=O) groups excluding carboxylic acids is 3. The maximum Gasteiger partial charge on any atom is 0.203 e. The number of rotatable bonds is 2. The van der Waals surface area contributed by atoms with Crippen molar-refractivity contribution in [3.05, 3.63) is 80.6 Å². The van der Waals surface area contributed by atoms with Crippen LogP contribution in [0.2, 0.25) is 0 Å². The number of carbonyl (C=O) groups is 3. The zero-order valence-corrected chi connectivity index (χ0v) is 24.1. The van der Waals surface area contributed by atoms with Gasteiger partial charge in [-0.3, -0.25) is 14.4 Å². The van der Waals surface area contributed by atoms with Crippen molar-refractivity contribution in [2.24, 2.45) is 10.8 Å². The zero-order chi connectivity index (χ0) is 30.2. The molecule has 0 radical (unpaired) electrons. The van der Waals surface area contributed by atoms with E-state index in [1.54, 1.807) is 13.8 Å². The number of phenols is 1. The molecular formula is C34H34O7. The standard InChI is InChI=1S/C34H34O7/c1-17(2)22-13-21(11-10-20-9-7-8-18(3)12-20)28(37)26-23(22)14-32(5)16-33(6)15-24(36)25(19(4)35)30(39)34(33,41)31(40)27(32)29(26)38/h7-9,12-13,17,37-39,41H,14-16H2,1-6H3/t32-,33+,34+/m1/s1. The van der Waals surface area contributed by atoms with E-state index in [0.717, 1.165) is 23.6 Å². The molecule has 3 aliphatic rings. The van der Waals surface area contributed by atoms with Gasteiger partial charge in [-0.25, -0.2) is 0 Å². The summed E-state index contributed by atoms with van der Waals surface area (Å²) in [5, 5.41) is 46.1. The van der Waals surface area contributed by atoms with E-state index in [1.165, 1.54) is 0 Å². The Morgan fingerprint density at radius 1 is 1.02 bits per heavy atom. The summed E-state index contributed by atoms with van der Waals surface area (Å²) in [5.41, 5.74) is -2.17. The summed E-state index contributed by atoms with van der Waals surface area (Å²) in [7, 11) is 0. The Bertz CT molecular complexity index is 1700. The van der Waals surface area contributed by atoms with E-state index in [0.29, 0.717) is 5.56 Å². The summed E-state index contributed by atoms with van der Waals surface area (Å²) in [6.07, 6.45) is -0.0141. The molecular weight excluding hydrogens is 520 g/mol. The number of phenolic OH excluding ortho intramolecular Hbond substituents is 1. The minimum absolute atomic E-state index is 0.0185. The number of aliphatic hydroxyl groups excluding tert-OH is 2. The largest absolute Gasteiger partial charge is 0.508 e. The smallest absolute Gasteiger partial charge is 0.203 e. The van der Waals surface area contributed by atoms with Gasteiger partial charge in [0.1, 0.15) is 22.8 Å². The van der Waals surface area contributed by atoms with Crippen molar-refractivity contribution in [1.29, 1.82) is 0 Å². The van der Waals surface area contributed by atoms with Gasteiger partial charge in [0, 0.05) is 28.4 Å². The van der Waals surface area contributed by atoms with Crippen molar-refractivity contribution < 1.29 is 34.8 Å². The van der Waals surface area contributed by atoms with Gasteiger partial charge in [0.05, 0.1) is 11.1 Å². The lowest BCUT2D eigenvalue weighted by Crippen LogP contribution is -2.65. The monoisotopic (exact) mass is 554 g/mol. The minimum atomic E-state index is -2.60. The summed E-state index contributed by atoms with van der Waals surface area (Å²) in [4.78, 5) is 39.3. The third-order valence-electron chi connectivity index (χ3n) is 9.04. The van der Waals surface area contributed by atoms with Gasteiger partial charge in [0.2, 0.25) is 5.78 Å². The molecule has 0 spiro atoms. The van der Waals surface area contributed by atoms with Crippen molar-refractivity contribution >= 4 is 23.1 Å². The van der Waals surface area contributed by atoms with Crippen molar-refractivity contribution in [1.82, 2.24) is 0 Å². The van der Waals surface area contributed by atoms with E-state index in [-0.39, 0.29) is 47.6 Å². The number of fused-ring (bicyclic) bond motifs is 3. The van der Waals surface area contributed by atoms with Crippen LogP contribution >= 0.6 is 0 Å². The molecule has 0 unspecified atom stereocenters. The number of aryl methyl sites for hydroxylation is 1. The molecule has 0 heterocycles. The Morgan fingerprint density at radius 3 is 2.32 bits per heavy atom. The molecule has 7 heteroatoms. The molecule has 3 aliphatic carbocycles. The first kappa shape index (κ1) is 28.4. The number of aromatic hydroxyl groups is 1. The summed E-state index contributed by atoms with van der Waals surface area (Å²) in [6, 6.07) is 9.42. The first-order valence-electron chi connectivity index (χ1n) is 13.7. The summed E-state index contributed by atoms with van der Waals surface area (Å²) in [6.45, 7) is 10.3. The molecule has 1 saturated carbocycles. The maximum absolute atomic E-state index is 14.2. The first-order valence-corrected chi connectivity index (χ1v) is 13.7. The predicted molar refractivity (Wildman–Crippen MR) is 153 cm³/mol. The van der Waals surface area contributed by atoms with Gasteiger partial charge in [0.15, 0.2) is 17.2 Å². The maximum atomic E-state index is 14.2. The zero-order valence-electron chi connectivity index (χ0n) is 24.1. The number of allylic oxidation sites excluding steroid dienone is 1. The Balaban J connectivity index is 1.77. The van der Waals surface area contributed by atoms with Crippen LogP contribution in [-0.4, -0.2) is 43.4 Å². The van der Waals surface area contributed by atoms with Gasteiger partial charge in [-0.1, -0.05) is 51.7 Å². The van der Waals surface area contributed by atoms with Crippen LogP contribution in [-0.2, 0) is 20.8 Å². The van der Waals surface area contributed by atoms with Crippen LogP contribution in [0.1, 0.15) is 86.8 Å². The topological polar surface area (TPSA) is 132 Å². The fraction of sp³-hybridized carbons (Fsp3) is 0.382. The quantitative estimate of drug-likeness (QED) is 0.299. The van der Waals surface area contributed by atoms with Crippen molar-refractivity contribution in [3.8, 4) is 17.6 Å². The second-order valence-electron chi connectivity index (χ2n) is 12.6. The second kappa shape index (κ2) is 9.19. The summed E-state index contributed by atoms with van der Waals surface area (Å²) < 4.78 is 0. The van der Waals surface area contributed by atoms with Gasteiger partial charge >= 0.3 is 0 Å². The van der Waals surface area contributed by atoms with Crippen LogP contribution in [0.5, 0.6) is 5.75 Å². The molecule has 2 aromatic carbocycles. The lowest BCUT2D eigenvalue weighted by Gasteiger charge is -2.56. The molecule has 2 aromatic rings. The lowest BCUT2D eigenvalue weighted by atomic mass is 9.47. The second-order valence-corrected chi connectivity index (χ2v) is 12.6. The molecule has 0 aliphatic heterocycles. The van der Waals surface area contributed by atoms with Crippen LogP contribution in [0.15, 0.2) is 47.2 Å². The third kappa shape index (κ3) is 3.96. The molecule has 0 bridgehead atoms. The molecule has 1 fully saturated rings. The van der Waals surface area contributed by atoms with Crippen molar-refractivity contribution in [2.45, 2.75) is 72.3 Å². The summed E-state index contributed by atoms with van der Waals surface area (Å²) >= 11 is 0. The summed E-state index contributed by atoms with van der Waals surface area (Å²) in [5.74, 6) is 1.92. The fourth-order valence-electron chi connectivity index (χ4n) is 7.22. The highest BCUT2D eigenvalue weighted by Crippen LogP contribution is 2.63. The van der Waals surface area contributed by atoms with Gasteiger partial charge < -0.3 is 20.4 Å². The van der Waals surface area contributed by atoms with E-state index in [1.807, 2.05) is 51.1 Å². The Morgan fingerprint density at radius 2 is 1.71 bits per heavy atom. The number of aliphatic hydroxyl groups is 3. The fourth-order valence-corrected chi connectivity index (χ4v) is 7.22. The normalized spacial score (nSPS) is 27.2.